The molecule has 1 aromatic heterocycles. The lowest BCUT2D eigenvalue weighted by Crippen LogP contribution is -2.18. The van der Waals surface area contributed by atoms with Crippen molar-refractivity contribution in [1.82, 2.24) is 9.78 Å². The van der Waals surface area contributed by atoms with E-state index in [1.165, 1.54) is 35.1 Å². The molecule has 2 aromatic rings. The average Bonchev–Trinajstić information content (AvgIpc) is 2.94. The van der Waals surface area contributed by atoms with E-state index in [1.54, 1.807) is 0 Å². The molecule has 0 atom stereocenters. The lowest BCUT2D eigenvalue weighted by Gasteiger charge is -2.08. The number of benzene rings is 1. The molecule has 0 aliphatic carbocycles. The first-order valence-corrected chi connectivity index (χ1v) is 10.3. The topological polar surface area (TPSA) is 64.0 Å². The number of unbranched alkanes of at least 4 members (excludes halogenated alkanes) is 3. The summed E-state index contributed by atoms with van der Waals surface area (Å²) in [5.41, 5.74) is 6.08. The van der Waals surface area contributed by atoms with Gasteiger partial charge in [0.25, 0.3) is 0 Å². The third-order valence-corrected chi connectivity index (χ3v) is 5.31. The predicted molar refractivity (Wildman–Crippen MR) is 114 cm³/mol. The quantitative estimate of drug-likeness (QED) is 0.598. The van der Waals surface area contributed by atoms with Crippen LogP contribution in [-0.4, -0.2) is 21.6 Å². The molecule has 0 saturated carbocycles. The van der Waals surface area contributed by atoms with Gasteiger partial charge in [-0.3, -0.25) is 9.59 Å². The standard InChI is InChI=1S/C23H33N3O2/c1-6-7-8-9-10-21-18(4)25-26(19(21)5)23(28)14-13-22(27)24-20-12-11-16(2)17(3)15-20/h11-12,15H,6-10,13-14H2,1-5H3,(H,24,27). The van der Waals surface area contributed by atoms with Crippen molar-refractivity contribution in [2.45, 2.75) is 79.6 Å². The van der Waals surface area contributed by atoms with E-state index in [-0.39, 0.29) is 24.7 Å². The molecule has 1 N–H and O–H groups in total. The van der Waals surface area contributed by atoms with Gasteiger partial charge in [0.15, 0.2) is 0 Å². The van der Waals surface area contributed by atoms with Gasteiger partial charge in [0.1, 0.15) is 0 Å². The predicted octanol–water partition coefficient (Wildman–Crippen LogP) is 5.30. The van der Waals surface area contributed by atoms with E-state index >= 15 is 0 Å². The number of carbonyl (C=O) groups excluding carboxylic acids is 2. The van der Waals surface area contributed by atoms with Gasteiger partial charge in [0.05, 0.1) is 5.69 Å². The Bertz CT molecular complexity index is 837. The van der Waals surface area contributed by atoms with Crippen molar-refractivity contribution in [2.75, 3.05) is 5.32 Å². The molecule has 152 valence electrons. The fourth-order valence-electron chi connectivity index (χ4n) is 3.38. The number of carbonyl (C=O) groups is 2. The van der Waals surface area contributed by atoms with E-state index in [2.05, 4.69) is 17.3 Å². The number of hydrogen-bond acceptors (Lipinski definition) is 3. The Morgan fingerprint density at radius 3 is 2.43 bits per heavy atom. The summed E-state index contributed by atoms with van der Waals surface area (Å²) in [4.78, 5) is 24.8. The fraction of sp³-hybridized carbons (Fsp3) is 0.522. The molecular weight excluding hydrogens is 350 g/mol. The molecular formula is C23H33N3O2. The largest absolute Gasteiger partial charge is 0.326 e. The second-order valence-corrected chi connectivity index (χ2v) is 7.61. The SMILES string of the molecule is CCCCCCc1c(C)nn(C(=O)CCC(=O)Nc2ccc(C)c(C)c2)c1C. The molecule has 0 unspecified atom stereocenters. The van der Waals surface area contributed by atoms with Crippen LogP contribution in [0, 0.1) is 27.7 Å². The maximum Gasteiger partial charge on any atom is 0.247 e. The summed E-state index contributed by atoms with van der Waals surface area (Å²) in [6, 6.07) is 5.81. The van der Waals surface area contributed by atoms with E-state index in [4.69, 9.17) is 0 Å². The number of aryl methyl sites for hydroxylation is 3. The molecule has 0 aliphatic rings. The summed E-state index contributed by atoms with van der Waals surface area (Å²) < 4.78 is 1.48. The second kappa shape index (κ2) is 10.2. The van der Waals surface area contributed by atoms with Crippen molar-refractivity contribution in [3.05, 3.63) is 46.3 Å². The number of amides is 1. The van der Waals surface area contributed by atoms with Crippen molar-refractivity contribution in [2.24, 2.45) is 0 Å². The minimum atomic E-state index is -0.155. The Morgan fingerprint density at radius 2 is 1.75 bits per heavy atom. The molecule has 0 saturated heterocycles. The lowest BCUT2D eigenvalue weighted by molar-refractivity contribution is -0.116. The number of rotatable bonds is 9. The van der Waals surface area contributed by atoms with Gasteiger partial charge in [-0.05, 0) is 69.4 Å². The summed E-state index contributed by atoms with van der Waals surface area (Å²) in [6.45, 7) is 10.1. The van der Waals surface area contributed by atoms with Crippen LogP contribution in [0.2, 0.25) is 0 Å². The molecule has 5 nitrogen and oxygen atoms in total. The first-order valence-electron chi connectivity index (χ1n) is 10.3. The smallest absolute Gasteiger partial charge is 0.247 e. The highest BCUT2D eigenvalue weighted by molar-refractivity contribution is 5.93. The molecule has 1 heterocycles. The molecule has 1 amide bonds. The molecule has 0 bridgehead atoms. The number of aromatic nitrogens is 2. The minimum absolute atomic E-state index is 0.129. The Kier molecular flexibility index (Phi) is 7.97. The third kappa shape index (κ3) is 5.78. The van der Waals surface area contributed by atoms with Gasteiger partial charge >= 0.3 is 0 Å². The van der Waals surface area contributed by atoms with Crippen LogP contribution < -0.4 is 5.32 Å². The van der Waals surface area contributed by atoms with Gasteiger partial charge in [-0.15, -0.1) is 0 Å². The van der Waals surface area contributed by atoms with Gasteiger partial charge < -0.3 is 5.32 Å². The van der Waals surface area contributed by atoms with Crippen LogP contribution in [0.1, 0.15) is 78.3 Å². The van der Waals surface area contributed by atoms with E-state index in [1.807, 2.05) is 45.9 Å². The van der Waals surface area contributed by atoms with Gasteiger partial charge in [0, 0.05) is 24.2 Å². The second-order valence-electron chi connectivity index (χ2n) is 7.61. The highest BCUT2D eigenvalue weighted by Crippen LogP contribution is 2.18. The van der Waals surface area contributed by atoms with E-state index in [9.17, 15) is 9.59 Å². The molecule has 0 aliphatic heterocycles. The summed E-state index contributed by atoms with van der Waals surface area (Å²) in [7, 11) is 0. The van der Waals surface area contributed by atoms with Crippen LogP contribution in [0.3, 0.4) is 0 Å². The van der Waals surface area contributed by atoms with E-state index < -0.39 is 0 Å². The average molecular weight is 384 g/mol. The van der Waals surface area contributed by atoms with Crippen molar-refractivity contribution in [1.29, 1.82) is 0 Å². The Balaban J connectivity index is 1.91. The monoisotopic (exact) mass is 383 g/mol. The first-order chi connectivity index (χ1) is 13.3. The molecule has 0 radical (unpaired) electrons. The highest BCUT2D eigenvalue weighted by atomic mass is 16.2. The maximum absolute atomic E-state index is 12.6. The first kappa shape index (κ1) is 21.9. The summed E-state index contributed by atoms with van der Waals surface area (Å²) >= 11 is 0. The van der Waals surface area contributed by atoms with Crippen LogP contribution in [0.5, 0.6) is 0 Å². The number of nitrogens with zero attached hydrogens (tertiary/aromatic N) is 2. The summed E-state index contributed by atoms with van der Waals surface area (Å²) in [6.07, 6.45) is 6.02. The number of hydrogen-bond donors (Lipinski definition) is 1. The molecule has 0 spiro atoms. The van der Waals surface area contributed by atoms with E-state index in [0.29, 0.717) is 0 Å². The fourth-order valence-corrected chi connectivity index (χ4v) is 3.38. The highest BCUT2D eigenvalue weighted by Gasteiger charge is 2.17. The van der Waals surface area contributed by atoms with Crippen molar-refractivity contribution < 1.29 is 9.59 Å². The van der Waals surface area contributed by atoms with Gasteiger partial charge in [-0.2, -0.15) is 5.10 Å². The van der Waals surface area contributed by atoms with Crippen molar-refractivity contribution in [3.63, 3.8) is 0 Å². The molecule has 28 heavy (non-hydrogen) atoms. The van der Waals surface area contributed by atoms with Crippen LogP contribution in [-0.2, 0) is 11.2 Å². The van der Waals surface area contributed by atoms with Crippen LogP contribution >= 0.6 is 0 Å². The molecule has 2 rings (SSSR count). The maximum atomic E-state index is 12.6. The Hall–Kier alpha value is -2.43. The Morgan fingerprint density at radius 1 is 1.00 bits per heavy atom. The summed E-state index contributed by atoms with van der Waals surface area (Å²) in [5.74, 6) is -0.284. The van der Waals surface area contributed by atoms with Crippen molar-refractivity contribution in [3.8, 4) is 0 Å². The third-order valence-electron chi connectivity index (χ3n) is 5.31. The molecule has 0 fully saturated rings. The van der Waals surface area contributed by atoms with Gasteiger partial charge in [0.2, 0.25) is 11.8 Å². The van der Waals surface area contributed by atoms with Crippen molar-refractivity contribution >= 4 is 17.5 Å². The van der Waals surface area contributed by atoms with E-state index in [0.717, 1.165) is 35.5 Å². The van der Waals surface area contributed by atoms with Crippen LogP contribution in [0.4, 0.5) is 5.69 Å². The molecule has 5 heteroatoms. The van der Waals surface area contributed by atoms with Crippen LogP contribution in [0.15, 0.2) is 18.2 Å². The van der Waals surface area contributed by atoms with Gasteiger partial charge in [-0.25, -0.2) is 4.68 Å². The normalized spacial score (nSPS) is 10.9. The summed E-state index contributed by atoms with van der Waals surface area (Å²) in [5, 5.41) is 7.29. The number of nitrogens with one attached hydrogen (secondary N) is 1. The van der Waals surface area contributed by atoms with Crippen LogP contribution in [0.25, 0.3) is 0 Å². The van der Waals surface area contributed by atoms with Gasteiger partial charge in [-0.1, -0.05) is 32.3 Å². The minimum Gasteiger partial charge on any atom is -0.326 e. The zero-order valence-corrected chi connectivity index (χ0v) is 17.9. The molecule has 1 aromatic carbocycles. The zero-order valence-electron chi connectivity index (χ0n) is 17.9. The number of anilines is 1. The Labute approximate surface area is 168 Å². The lowest BCUT2D eigenvalue weighted by atomic mass is 10.0. The zero-order chi connectivity index (χ0) is 20.7.